The van der Waals surface area contributed by atoms with Gasteiger partial charge in [0.2, 0.25) is 0 Å². The van der Waals surface area contributed by atoms with E-state index in [0.717, 1.165) is 43.8 Å². The van der Waals surface area contributed by atoms with Gasteiger partial charge in [0.15, 0.2) is 5.82 Å². The van der Waals surface area contributed by atoms with Crippen LogP contribution in [0, 0.1) is 0 Å². The number of hydrogen-bond acceptors (Lipinski definition) is 6. The van der Waals surface area contributed by atoms with Crippen molar-refractivity contribution in [3.05, 3.63) is 35.7 Å². The third-order valence-corrected chi connectivity index (χ3v) is 7.75. The SMILES string of the molecule is CCOc1ccc(C(c2nnnn2C2CCCCC2)N2CCN(C3CCCC3)CC2)cc1. The number of rotatable bonds is 7. The summed E-state index contributed by atoms with van der Waals surface area (Å²) in [6, 6.07) is 9.92. The van der Waals surface area contributed by atoms with Gasteiger partial charge in [-0.25, -0.2) is 4.68 Å². The molecule has 0 N–H and O–H groups in total. The lowest BCUT2D eigenvalue weighted by Crippen LogP contribution is -2.51. The smallest absolute Gasteiger partial charge is 0.173 e. The molecule has 3 fully saturated rings. The lowest BCUT2D eigenvalue weighted by atomic mass is 9.95. The van der Waals surface area contributed by atoms with Gasteiger partial charge < -0.3 is 4.74 Å². The summed E-state index contributed by atoms with van der Waals surface area (Å²) in [4.78, 5) is 5.33. The Labute approximate surface area is 192 Å². The topological polar surface area (TPSA) is 59.3 Å². The van der Waals surface area contributed by atoms with E-state index in [-0.39, 0.29) is 6.04 Å². The number of hydrogen-bond donors (Lipinski definition) is 0. The Morgan fingerprint density at radius 2 is 1.53 bits per heavy atom. The van der Waals surface area contributed by atoms with E-state index in [9.17, 15) is 0 Å². The molecule has 2 aromatic rings. The largest absolute Gasteiger partial charge is 0.494 e. The van der Waals surface area contributed by atoms with E-state index in [1.807, 2.05) is 6.92 Å². The van der Waals surface area contributed by atoms with Crippen molar-refractivity contribution in [3.8, 4) is 5.75 Å². The molecule has 1 aliphatic heterocycles. The fraction of sp³-hybridized carbons (Fsp3) is 0.720. The molecule has 7 nitrogen and oxygen atoms in total. The fourth-order valence-corrected chi connectivity index (χ4v) is 6.03. The minimum atomic E-state index is 0.0910. The van der Waals surface area contributed by atoms with Crippen molar-refractivity contribution < 1.29 is 4.74 Å². The van der Waals surface area contributed by atoms with Gasteiger partial charge in [0.05, 0.1) is 18.7 Å². The first-order chi connectivity index (χ1) is 15.8. The van der Waals surface area contributed by atoms with Crippen LogP contribution in [0.1, 0.15) is 88.2 Å². The number of nitrogens with zero attached hydrogens (tertiary/aromatic N) is 6. The molecule has 3 aliphatic rings. The van der Waals surface area contributed by atoms with E-state index in [1.165, 1.54) is 63.4 Å². The van der Waals surface area contributed by atoms with Crippen molar-refractivity contribution in [1.82, 2.24) is 30.0 Å². The molecule has 2 saturated carbocycles. The Kier molecular flexibility index (Phi) is 7.03. The Bertz CT molecular complexity index is 832. The van der Waals surface area contributed by atoms with Crippen LogP contribution >= 0.6 is 0 Å². The van der Waals surface area contributed by atoms with Gasteiger partial charge >= 0.3 is 0 Å². The zero-order chi connectivity index (χ0) is 21.8. The number of benzene rings is 1. The highest BCUT2D eigenvalue weighted by Gasteiger charge is 2.34. The second-order valence-corrected chi connectivity index (χ2v) is 9.69. The van der Waals surface area contributed by atoms with Crippen LogP contribution in [-0.4, -0.2) is 68.8 Å². The van der Waals surface area contributed by atoms with Crippen LogP contribution in [0.15, 0.2) is 24.3 Å². The van der Waals surface area contributed by atoms with Gasteiger partial charge in [0.1, 0.15) is 5.75 Å². The van der Waals surface area contributed by atoms with Crippen LogP contribution in [0.4, 0.5) is 0 Å². The number of piperazine rings is 1. The molecular formula is C25H38N6O. The van der Waals surface area contributed by atoms with E-state index < -0.39 is 0 Å². The summed E-state index contributed by atoms with van der Waals surface area (Å²) >= 11 is 0. The first-order valence-electron chi connectivity index (χ1n) is 12.8. The molecule has 1 atom stereocenters. The summed E-state index contributed by atoms with van der Waals surface area (Å²) in [5.41, 5.74) is 1.26. The maximum atomic E-state index is 5.70. The predicted molar refractivity (Wildman–Crippen MR) is 125 cm³/mol. The summed E-state index contributed by atoms with van der Waals surface area (Å²) in [7, 11) is 0. The monoisotopic (exact) mass is 438 g/mol. The summed E-state index contributed by atoms with van der Waals surface area (Å²) in [5, 5.41) is 13.3. The lowest BCUT2D eigenvalue weighted by molar-refractivity contribution is 0.0760. The molecule has 1 saturated heterocycles. The Morgan fingerprint density at radius 1 is 0.875 bits per heavy atom. The minimum absolute atomic E-state index is 0.0910. The number of tetrazole rings is 1. The van der Waals surface area contributed by atoms with Gasteiger partial charge in [-0.1, -0.05) is 44.2 Å². The average molecular weight is 439 g/mol. The highest BCUT2D eigenvalue weighted by molar-refractivity contribution is 5.32. The predicted octanol–water partition coefficient (Wildman–Crippen LogP) is 4.23. The third kappa shape index (κ3) is 4.69. The van der Waals surface area contributed by atoms with Crippen LogP contribution in [0.25, 0.3) is 0 Å². The summed E-state index contributed by atoms with van der Waals surface area (Å²) in [5.74, 6) is 1.93. The standard InChI is InChI=1S/C25H38N6O/c1-2-32-23-14-12-20(13-15-23)24(25-26-27-28-31(25)22-10-4-3-5-11-22)30-18-16-29(17-19-30)21-8-6-7-9-21/h12-15,21-22,24H,2-11,16-19H2,1H3. The minimum Gasteiger partial charge on any atom is -0.494 e. The molecule has 0 spiro atoms. The molecule has 1 aromatic heterocycles. The van der Waals surface area contributed by atoms with Crippen LogP contribution in [-0.2, 0) is 0 Å². The molecule has 5 rings (SSSR count). The molecular weight excluding hydrogens is 400 g/mol. The second-order valence-electron chi connectivity index (χ2n) is 9.69. The molecule has 2 heterocycles. The van der Waals surface area contributed by atoms with Gasteiger partial charge in [-0.15, -0.1) is 5.10 Å². The zero-order valence-electron chi connectivity index (χ0n) is 19.5. The van der Waals surface area contributed by atoms with Gasteiger partial charge in [-0.2, -0.15) is 0 Å². The van der Waals surface area contributed by atoms with E-state index in [0.29, 0.717) is 12.6 Å². The summed E-state index contributed by atoms with van der Waals surface area (Å²) in [6.45, 7) is 7.12. The lowest BCUT2D eigenvalue weighted by Gasteiger charge is -2.41. The Balaban J connectivity index is 1.40. The normalized spacial score (nSPS) is 22.9. The van der Waals surface area contributed by atoms with Gasteiger partial charge in [0, 0.05) is 32.2 Å². The maximum absolute atomic E-state index is 5.70. The summed E-state index contributed by atoms with van der Waals surface area (Å²) in [6.07, 6.45) is 11.8. The van der Waals surface area contributed by atoms with Crippen molar-refractivity contribution in [1.29, 1.82) is 0 Å². The van der Waals surface area contributed by atoms with Crippen LogP contribution in [0.3, 0.4) is 0 Å². The Hall–Kier alpha value is -1.99. The van der Waals surface area contributed by atoms with E-state index >= 15 is 0 Å². The molecule has 1 aromatic carbocycles. The van der Waals surface area contributed by atoms with Crippen molar-refractivity contribution in [2.75, 3.05) is 32.8 Å². The van der Waals surface area contributed by atoms with Crippen LogP contribution < -0.4 is 4.74 Å². The zero-order valence-corrected chi connectivity index (χ0v) is 19.5. The third-order valence-electron chi connectivity index (χ3n) is 7.75. The number of ether oxygens (including phenoxy) is 1. The van der Waals surface area contributed by atoms with E-state index in [4.69, 9.17) is 4.74 Å². The van der Waals surface area contributed by atoms with E-state index in [1.54, 1.807) is 0 Å². The summed E-state index contributed by atoms with van der Waals surface area (Å²) < 4.78 is 7.86. The van der Waals surface area contributed by atoms with Crippen LogP contribution in [0.2, 0.25) is 0 Å². The molecule has 174 valence electrons. The van der Waals surface area contributed by atoms with Crippen molar-refractivity contribution in [3.63, 3.8) is 0 Å². The van der Waals surface area contributed by atoms with Gasteiger partial charge in [-0.05, 0) is 60.7 Å². The van der Waals surface area contributed by atoms with Gasteiger partial charge in [0.25, 0.3) is 0 Å². The van der Waals surface area contributed by atoms with E-state index in [2.05, 4.69) is 54.3 Å². The van der Waals surface area contributed by atoms with Crippen molar-refractivity contribution in [2.24, 2.45) is 0 Å². The first kappa shape index (κ1) is 21.8. The van der Waals surface area contributed by atoms with Crippen molar-refractivity contribution in [2.45, 2.75) is 82.8 Å². The highest BCUT2D eigenvalue weighted by Crippen LogP contribution is 2.35. The molecule has 0 bridgehead atoms. The molecule has 2 aliphatic carbocycles. The Morgan fingerprint density at radius 3 is 2.22 bits per heavy atom. The van der Waals surface area contributed by atoms with Crippen LogP contribution in [0.5, 0.6) is 5.75 Å². The molecule has 32 heavy (non-hydrogen) atoms. The molecule has 0 radical (unpaired) electrons. The molecule has 0 amide bonds. The first-order valence-corrected chi connectivity index (χ1v) is 12.8. The van der Waals surface area contributed by atoms with Gasteiger partial charge in [-0.3, -0.25) is 9.80 Å². The quantitative estimate of drug-likeness (QED) is 0.645. The highest BCUT2D eigenvalue weighted by atomic mass is 16.5. The van der Waals surface area contributed by atoms with Crippen molar-refractivity contribution >= 4 is 0 Å². The number of aromatic nitrogens is 4. The average Bonchev–Trinajstić information content (AvgIpc) is 3.55. The molecule has 1 unspecified atom stereocenters. The fourth-order valence-electron chi connectivity index (χ4n) is 6.03. The maximum Gasteiger partial charge on any atom is 0.173 e. The molecule has 7 heteroatoms. The second kappa shape index (κ2) is 10.3.